The van der Waals surface area contributed by atoms with Gasteiger partial charge in [0.15, 0.2) is 0 Å². The van der Waals surface area contributed by atoms with Crippen molar-refractivity contribution in [1.29, 1.82) is 0 Å². The third kappa shape index (κ3) is 3.53. The predicted molar refractivity (Wildman–Crippen MR) is 72.0 cm³/mol. The van der Waals surface area contributed by atoms with E-state index in [0.717, 1.165) is 6.07 Å². The first kappa shape index (κ1) is 15.8. The molecule has 0 amide bonds. The van der Waals surface area contributed by atoms with E-state index in [1.807, 2.05) is 0 Å². The third-order valence-corrected chi connectivity index (χ3v) is 3.22. The molecule has 1 unspecified atom stereocenters. The minimum Gasteiger partial charge on any atom is -0.271 e. The van der Waals surface area contributed by atoms with E-state index in [2.05, 4.69) is 5.43 Å². The van der Waals surface area contributed by atoms with Crippen LogP contribution < -0.4 is 11.3 Å². The fraction of sp³-hybridized carbons (Fsp3) is 0.143. The van der Waals surface area contributed by atoms with E-state index < -0.39 is 23.6 Å². The van der Waals surface area contributed by atoms with Crippen LogP contribution in [0, 0.1) is 5.82 Å². The summed E-state index contributed by atoms with van der Waals surface area (Å²) in [6.45, 7) is 0. The second kappa shape index (κ2) is 6.01. The molecule has 2 rings (SSSR count). The number of hydrogen-bond donors (Lipinski definition) is 2. The molecule has 2 aromatic rings. The maximum atomic E-state index is 13.6. The molecule has 0 saturated carbocycles. The van der Waals surface area contributed by atoms with Crippen LogP contribution in [0.4, 0.5) is 17.6 Å². The summed E-state index contributed by atoms with van der Waals surface area (Å²) in [5.74, 6) is 4.08. The lowest BCUT2D eigenvalue weighted by molar-refractivity contribution is -0.140. The third-order valence-electron chi connectivity index (χ3n) is 2.98. The number of benzene rings is 2. The second-order valence-corrected chi connectivity index (χ2v) is 4.83. The van der Waals surface area contributed by atoms with Gasteiger partial charge in [-0.05, 0) is 35.4 Å². The van der Waals surface area contributed by atoms with Gasteiger partial charge in [-0.3, -0.25) is 5.84 Å². The molecule has 0 saturated heterocycles. The summed E-state index contributed by atoms with van der Waals surface area (Å²) < 4.78 is 51.2. The maximum Gasteiger partial charge on any atom is 0.419 e. The van der Waals surface area contributed by atoms with Gasteiger partial charge in [0.05, 0.1) is 11.6 Å². The molecular formula is C14H11ClF4N2. The normalized spacial score (nSPS) is 13.2. The van der Waals surface area contributed by atoms with Gasteiger partial charge in [0.1, 0.15) is 5.82 Å². The summed E-state index contributed by atoms with van der Waals surface area (Å²) in [4.78, 5) is 0. The molecule has 0 fully saturated rings. The van der Waals surface area contributed by atoms with Crippen LogP contribution in [-0.4, -0.2) is 0 Å². The Balaban J connectivity index is 2.42. The Bertz CT molecular complexity index is 643. The zero-order valence-corrected chi connectivity index (χ0v) is 11.3. The van der Waals surface area contributed by atoms with Gasteiger partial charge in [-0.25, -0.2) is 9.82 Å². The van der Waals surface area contributed by atoms with Crippen molar-refractivity contribution in [2.75, 3.05) is 0 Å². The Labute approximate surface area is 123 Å². The quantitative estimate of drug-likeness (QED) is 0.509. The molecule has 7 heteroatoms. The van der Waals surface area contributed by atoms with Crippen molar-refractivity contribution in [3.05, 3.63) is 70.0 Å². The Morgan fingerprint density at radius 1 is 1.05 bits per heavy atom. The van der Waals surface area contributed by atoms with Gasteiger partial charge in [-0.2, -0.15) is 13.2 Å². The molecule has 0 bridgehead atoms. The van der Waals surface area contributed by atoms with Crippen LogP contribution in [0.5, 0.6) is 0 Å². The number of nitrogens with two attached hydrogens (primary N) is 1. The minimum absolute atomic E-state index is 0.269. The van der Waals surface area contributed by atoms with E-state index in [9.17, 15) is 17.6 Å². The number of nitrogens with one attached hydrogen (secondary N) is 1. The molecule has 0 aromatic heterocycles. The van der Waals surface area contributed by atoms with E-state index in [4.69, 9.17) is 17.4 Å². The Morgan fingerprint density at radius 2 is 1.71 bits per heavy atom. The second-order valence-electron chi connectivity index (χ2n) is 4.39. The molecule has 2 nitrogen and oxygen atoms in total. The molecule has 3 N–H and O–H groups in total. The largest absolute Gasteiger partial charge is 0.419 e. The minimum atomic E-state index is -4.73. The number of alkyl halides is 3. The zero-order chi connectivity index (χ0) is 15.6. The Kier molecular flexibility index (Phi) is 4.51. The van der Waals surface area contributed by atoms with Crippen LogP contribution in [0.25, 0.3) is 0 Å². The van der Waals surface area contributed by atoms with E-state index in [0.29, 0.717) is 16.7 Å². The Morgan fingerprint density at radius 3 is 2.24 bits per heavy atom. The summed E-state index contributed by atoms with van der Waals surface area (Å²) in [5.41, 5.74) is 2.01. The summed E-state index contributed by atoms with van der Waals surface area (Å²) in [6.07, 6.45) is -4.73. The number of hydrogen-bond acceptors (Lipinski definition) is 2. The van der Waals surface area contributed by atoms with Crippen LogP contribution in [0.15, 0.2) is 42.5 Å². The highest BCUT2D eigenvalue weighted by molar-refractivity contribution is 6.30. The van der Waals surface area contributed by atoms with Gasteiger partial charge in [0.2, 0.25) is 0 Å². The number of rotatable bonds is 3. The Hall–Kier alpha value is -1.63. The lowest BCUT2D eigenvalue weighted by Crippen LogP contribution is -2.29. The fourth-order valence-electron chi connectivity index (χ4n) is 2.01. The van der Waals surface area contributed by atoms with Crippen LogP contribution in [-0.2, 0) is 6.18 Å². The van der Waals surface area contributed by atoms with E-state index in [-0.39, 0.29) is 5.56 Å². The van der Waals surface area contributed by atoms with Crippen molar-refractivity contribution in [3.63, 3.8) is 0 Å². The average molecular weight is 319 g/mol. The predicted octanol–water partition coefficient (Wildman–Crippen LogP) is 4.05. The smallest absolute Gasteiger partial charge is 0.271 e. The lowest BCUT2D eigenvalue weighted by atomic mass is 9.98. The highest BCUT2D eigenvalue weighted by Gasteiger charge is 2.34. The molecule has 0 radical (unpaired) electrons. The van der Waals surface area contributed by atoms with Gasteiger partial charge in [-0.1, -0.05) is 29.8 Å². The van der Waals surface area contributed by atoms with Crippen molar-refractivity contribution in [2.45, 2.75) is 12.2 Å². The SMILES string of the molecule is NNC(c1cccc(Cl)c1)c1ccc(C(F)(F)F)c(F)c1. The molecule has 2 aromatic carbocycles. The van der Waals surface area contributed by atoms with Crippen molar-refractivity contribution < 1.29 is 17.6 Å². The van der Waals surface area contributed by atoms with Gasteiger partial charge in [0.25, 0.3) is 0 Å². The van der Waals surface area contributed by atoms with Crippen LogP contribution >= 0.6 is 11.6 Å². The molecule has 21 heavy (non-hydrogen) atoms. The molecule has 0 aliphatic carbocycles. The zero-order valence-electron chi connectivity index (χ0n) is 10.6. The van der Waals surface area contributed by atoms with Gasteiger partial charge >= 0.3 is 6.18 Å². The van der Waals surface area contributed by atoms with Gasteiger partial charge in [0, 0.05) is 5.02 Å². The average Bonchev–Trinajstić information content (AvgIpc) is 2.38. The summed E-state index contributed by atoms with van der Waals surface area (Å²) in [7, 11) is 0. The molecule has 1 atom stereocenters. The number of halogens is 5. The first-order valence-electron chi connectivity index (χ1n) is 5.91. The molecule has 0 heterocycles. The van der Waals surface area contributed by atoms with Crippen molar-refractivity contribution in [3.8, 4) is 0 Å². The van der Waals surface area contributed by atoms with Gasteiger partial charge < -0.3 is 0 Å². The lowest BCUT2D eigenvalue weighted by Gasteiger charge is -2.18. The van der Waals surface area contributed by atoms with E-state index in [1.54, 1.807) is 24.3 Å². The van der Waals surface area contributed by atoms with E-state index in [1.165, 1.54) is 6.07 Å². The molecule has 0 aliphatic rings. The van der Waals surface area contributed by atoms with Gasteiger partial charge in [-0.15, -0.1) is 0 Å². The number of hydrazine groups is 1. The molecular weight excluding hydrogens is 308 g/mol. The van der Waals surface area contributed by atoms with Crippen molar-refractivity contribution in [2.24, 2.45) is 5.84 Å². The molecule has 0 spiro atoms. The summed E-state index contributed by atoms with van der Waals surface area (Å²) in [6, 6.07) is 8.62. The van der Waals surface area contributed by atoms with Crippen molar-refractivity contribution in [1.82, 2.24) is 5.43 Å². The first-order chi connectivity index (χ1) is 9.82. The summed E-state index contributed by atoms with van der Waals surface area (Å²) in [5, 5.41) is 0.445. The van der Waals surface area contributed by atoms with E-state index >= 15 is 0 Å². The highest BCUT2D eigenvalue weighted by atomic mass is 35.5. The van der Waals surface area contributed by atoms with Crippen LogP contribution in [0.1, 0.15) is 22.7 Å². The van der Waals surface area contributed by atoms with Crippen molar-refractivity contribution >= 4 is 11.6 Å². The highest BCUT2D eigenvalue weighted by Crippen LogP contribution is 2.33. The topological polar surface area (TPSA) is 38.0 Å². The van der Waals surface area contributed by atoms with Crippen LogP contribution in [0.3, 0.4) is 0 Å². The standard InChI is InChI=1S/C14H11ClF4N2/c15-10-3-1-2-8(6-10)13(21-20)9-4-5-11(12(16)7-9)14(17,18)19/h1-7,13,21H,20H2. The fourth-order valence-corrected chi connectivity index (χ4v) is 2.21. The maximum absolute atomic E-state index is 13.6. The first-order valence-corrected chi connectivity index (χ1v) is 6.29. The molecule has 0 aliphatic heterocycles. The summed E-state index contributed by atoms with van der Waals surface area (Å²) >= 11 is 5.86. The monoisotopic (exact) mass is 318 g/mol. The molecule has 112 valence electrons. The van der Waals surface area contributed by atoms with Crippen LogP contribution in [0.2, 0.25) is 5.02 Å².